The fourth-order valence-electron chi connectivity index (χ4n) is 1.48. The van der Waals surface area contributed by atoms with Crippen molar-refractivity contribution in [2.45, 2.75) is 6.54 Å². The van der Waals surface area contributed by atoms with Crippen LogP contribution >= 0.6 is 27.3 Å². The molecule has 0 fully saturated rings. The number of thiophene rings is 1. The van der Waals surface area contributed by atoms with Crippen LogP contribution in [0.25, 0.3) is 6.08 Å². The standard InChI is InChI=1S/C14H10BrN3OS/c15-12-5-13(20-9-12)4-11(6-16)14(19)18-8-10-2-1-3-17-7-10/h1-5,7,9H,8H2,(H,18,19)/b11-4-. The van der Waals surface area contributed by atoms with E-state index in [1.807, 2.05) is 23.6 Å². The van der Waals surface area contributed by atoms with Crippen LogP contribution in [0, 0.1) is 11.3 Å². The SMILES string of the molecule is N#C/C(=C/c1cc(Br)cs1)C(=O)NCc1cccnc1. The van der Waals surface area contributed by atoms with Gasteiger partial charge in [-0.3, -0.25) is 9.78 Å². The third kappa shape index (κ3) is 4.02. The van der Waals surface area contributed by atoms with Crippen LogP contribution in [-0.2, 0) is 11.3 Å². The van der Waals surface area contributed by atoms with Gasteiger partial charge in [0.05, 0.1) is 0 Å². The van der Waals surface area contributed by atoms with Crippen molar-refractivity contribution < 1.29 is 4.79 Å². The Hall–Kier alpha value is -1.97. The maximum Gasteiger partial charge on any atom is 0.262 e. The number of nitriles is 1. The first-order valence-electron chi connectivity index (χ1n) is 5.72. The van der Waals surface area contributed by atoms with Gasteiger partial charge in [-0.15, -0.1) is 11.3 Å². The second kappa shape index (κ2) is 6.98. The number of nitrogens with one attached hydrogen (secondary N) is 1. The molecule has 1 N–H and O–H groups in total. The molecule has 2 aromatic rings. The van der Waals surface area contributed by atoms with Gasteiger partial charge in [0.1, 0.15) is 11.6 Å². The van der Waals surface area contributed by atoms with Gasteiger partial charge in [0.15, 0.2) is 0 Å². The first kappa shape index (κ1) is 14.4. The summed E-state index contributed by atoms with van der Waals surface area (Å²) in [4.78, 5) is 16.7. The molecule has 2 rings (SSSR count). The van der Waals surface area contributed by atoms with Gasteiger partial charge in [0.2, 0.25) is 0 Å². The van der Waals surface area contributed by atoms with Crippen molar-refractivity contribution >= 4 is 39.2 Å². The molecule has 2 heterocycles. The zero-order valence-electron chi connectivity index (χ0n) is 10.3. The minimum Gasteiger partial charge on any atom is -0.347 e. The average molecular weight is 348 g/mol. The van der Waals surface area contributed by atoms with Crippen LogP contribution in [0.2, 0.25) is 0 Å². The normalized spacial score (nSPS) is 10.9. The lowest BCUT2D eigenvalue weighted by Gasteiger charge is -2.03. The van der Waals surface area contributed by atoms with Gasteiger partial charge in [0, 0.05) is 33.7 Å². The second-order valence-electron chi connectivity index (χ2n) is 3.88. The average Bonchev–Trinajstić information content (AvgIpc) is 2.88. The minimum atomic E-state index is -0.388. The summed E-state index contributed by atoms with van der Waals surface area (Å²) < 4.78 is 0.932. The maximum atomic E-state index is 11.9. The first-order valence-corrected chi connectivity index (χ1v) is 7.39. The molecule has 0 bridgehead atoms. The maximum absolute atomic E-state index is 11.9. The predicted molar refractivity (Wildman–Crippen MR) is 81.7 cm³/mol. The zero-order chi connectivity index (χ0) is 14.4. The smallest absolute Gasteiger partial charge is 0.262 e. The van der Waals surface area contributed by atoms with E-state index < -0.39 is 0 Å². The van der Waals surface area contributed by atoms with Crippen molar-refractivity contribution in [3.8, 4) is 6.07 Å². The van der Waals surface area contributed by atoms with Crippen LogP contribution in [0.5, 0.6) is 0 Å². The molecular weight excluding hydrogens is 338 g/mol. The number of hydrogen-bond donors (Lipinski definition) is 1. The third-order valence-corrected chi connectivity index (χ3v) is 4.06. The van der Waals surface area contributed by atoms with Gasteiger partial charge in [0.25, 0.3) is 5.91 Å². The molecule has 20 heavy (non-hydrogen) atoms. The van der Waals surface area contributed by atoms with Gasteiger partial charge >= 0.3 is 0 Å². The lowest BCUT2D eigenvalue weighted by atomic mass is 10.2. The third-order valence-electron chi connectivity index (χ3n) is 2.42. The Balaban J connectivity index is 2.03. The zero-order valence-corrected chi connectivity index (χ0v) is 12.7. The Bertz CT molecular complexity index is 673. The fourth-order valence-corrected chi connectivity index (χ4v) is 2.85. The molecule has 1 amide bonds. The molecule has 0 saturated heterocycles. The van der Waals surface area contributed by atoms with Gasteiger partial charge in [-0.2, -0.15) is 5.26 Å². The van der Waals surface area contributed by atoms with E-state index in [1.165, 1.54) is 11.3 Å². The van der Waals surface area contributed by atoms with Crippen LogP contribution in [-0.4, -0.2) is 10.9 Å². The van der Waals surface area contributed by atoms with Crippen molar-refractivity contribution in [1.82, 2.24) is 10.3 Å². The summed E-state index contributed by atoms with van der Waals surface area (Å²) in [5.41, 5.74) is 0.972. The molecule has 0 atom stereocenters. The molecule has 100 valence electrons. The minimum absolute atomic E-state index is 0.0863. The summed E-state index contributed by atoms with van der Waals surface area (Å²) >= 11 is 4.79. The van der Waals surface area contributed by atoms with E-state index in [0.717, 1.165) is 14.9 Å². The molecule has 0 aliphatic rings. The monoisotopic (exact) mass is 347 g/mol. The number of nitrogens with zero attached hydrogens (tertiary/aromatic N) is 2. The van der Waals surface area contributed by atoms with E-state index >= 15 is 0 Å². The van der Waals surface area contributed by atoms with Crippen molar-refractivity contribution in [2.24, 2.45) is 0 Å². The largest absolute Gasteiger partial charge is 0.347 e. The highest BCUT2D eigenvalue weighted by atomic mass is 79.9. The fraction of sp³-hybridized carbons (Fsp3) is 0.0714. The molecule has 2 aromatic heterocycles. The molecule has 0 spiro atoms. The first-order chi connectivity index (χ1) is 9.69. The van der Waals surface area contributed by atoms with E-state index in [1.54, 1.807) is 24.5 Å². The summed E-state index contributed by atoms with van der Waals surface area (Å²) in [6.07, 6.45) is 4.92. The van der Waals surface area contributed by atoms with Crippen LogP contribution in [0.1, 0.15) is 10.4 Å². The Morgan fingerprint density at radius 3 is 3.05 bits per heavy atom. The molecule has 0 aliphatic heterocycles. The van der Waals surface area contributed by atoms with Crippen LogP contribution in [0.15, 0.2) is 46.0 Å². The van der Waals surface area contributed by atoms with E-state index in [-0.39, 0.29) is 11.5 Å². The van der Waals surface area contributed by atoms with Crippen LogP contribution < -0.4 is 5.32 Å². The highest BCUT2D eigenvalue weighted by Crippen LogP contribution is 2.22. The number of halogens is 1. The Morgan fingerprint density at radius 1 is 1.60 bits per heavy atom. The highest BCUT2D eigenvalue weighted by Gasteiger charge is 2.09. The molecule has 0 saturated carbocycles. The highest BCUT2D eigenvalue weighted by molar-refractivity contribution is 9.10. The molecule has 0 aromatic carbocycles. The Kier molecular flexibility index (Phi) is 5.04. The quantitative estimate of drug-likeness (QED) is 0.682. The summed E-state index contributed by atoms with van der Waals surface area (Å²) in [7, 11) is 0. The van der Waals surface area contributed by atoms with E-state index in [4.69, 9.17) is 5.26 Å². The molecule has 6 heteroatoms. The van der Waals surface area contributed by atoms with Crippen molar-refractivity contribution in [3.05, 3.63) is 56.5 Å². The molecule has 4 nitrogen and oxygen atoms in total. The number of hydrogen-bond acceptors (Lipinski definition) is 4. The number of carbonyl (C=O) groups is 1. The summed E-state index contributed by atoms with van der Waals surface area (Å²) in [6, 6.07) is 7.44. The molecular formula is C14H10BrN3OS. The summed E-state index contributed by atoms with van der Waals surface area (Å²) in [5, 5.41) is 13.7. The Labute approximate surface area is 128 Å². The van der Waals surface area contributed by atoms with Crippen molar-refractivity contribution in [2.75, 3.05) is 0 Å². The Morgan fingerprint density at radius 2 is 2.45 bits per heavy atom. The lowest BCUT2D eigenvalue weighted by Crippen LogP contribution is -2.23. The molecule has 0 radical (unpaired) electrons. The van der Waals surface area contributed by atoms with Crippen molar-refractivity contribution in [3.63, 3.8) is 0 Å². The van der Waals surface area contributed by atoms with Crippen LogP contribution in [0.3, 0.4) is 0 Å². The van der Waals surface area contributed by atoms with Crippen molar-refractivity contribution in [1.29, 1.82) is 5.26 Å². The van der Waals surface area contributed by atoms with Gasteiger partial charge in [-0.05, 0) is 39.7 Å². The van der Waals surface area contributed by atoms with Gasteiger partial charge in [-0.25, -0.2) is 0 Å². The van der Waals surface area contributed by atoms with Gasteiger partial charge < -0.3 is 5.32 Å². The molecule has 0 unspecified atom stereocenters. The number of amides is 1. The molecule has 0 aliphatic carbocycles. The number of carbonyl (C=O) groups excluding carboxylic acids is 1. The lowest BCUT2D eigenvalue weighted by molar-refractivity contribution is -0.117. The second-order valence-corrected chi connectivity index (χ2v) is 5.74. The van der Waals surface area contributed by atoms with E-state index in [9.17, 15) is 4.79 Å². The summed E-state index contributed by atoms with van der Waals surface area (Å²) in [5.74, 6) is -0.388. The topological polar surface area (TPSA) is 65.8 Å². The van der Waals surface area contributed by atoms with E-state index in [2.05, 4.69) is 26.2 Å². The number of aromatic nitrogens is 1. The number of rotatable bonds is 4. The van der Waals surface area contributed by atoms with E-state index in [0.29, 0.717) is 6.54 Å². The summed E-state index contributed by atoms with van der Waals surface area (Å²) in [6.45, 7) is 0.347. The number of pyridine rings is 1. The predicted octanol–water partition coefficient (Wildman–Crippen LogP) is 3.13. The van der Waals surface area contributed by atoms with Crippen LogP contribution in [0.4, 0.5) is 0 Å². The van der Waals surface area contributed by atoms with Gasteiger partial charge in [-0.1, -0.05) is 6.07 Å².